The zero-order chi connectivity index (χ0) is 39.2. The molecule has 6 atom stereocenters. The average molecular weight is 734 g/mol. The van der Waals surface area contributed by atoms with Crippen molar-refractivity contribution < 1.29 is 38.7 Å². The number of carboxylic acids is 1. The minimum Gasteiger partial charge on any atom is -0.480 e. The van der Waals surface area contributed by atoms with E-state index in [2.05, 4.69) is 37.8 Å². The van der Waals surface area contributed by atoms with Gasteiger partial charge in [0.15, 0.2) is 0 Å². The van der Waals surface area contributed by atoms with E-state index in [-0.39, 0.29) is 36.9 Å². The Morgan fingerprint density at radius 2 is 1.60 bits per heavy atom. The molecule has 5 N–H and O–H groups in total. The second-order valence-corrected chi connectivity index (χ2v) is 13.8. The van der Waals surface area contributed by atoms with E-state index in [0.717, 1.165) is 0 Å². The van der Waals surface area contributed by atoms with E-state index >= 15 is 0 Å². The third kappa shape index (κ3) is 11.5. The first-order chi connectivity index (χ1) is 25.2. The van der Waals surface area contributed by atoms with Crippen LogP contribution >= 0.6 is 0 Å². The predicted octanol–water partition coefficient (Wildman–Crippen LogP) is 1.83. The van der Waals surface area contributed by atoms with Crippen LogP contribution in [0.4, 0.5) is 0 Å². The van der Waals surface area contributed by atoms with E-state index in [0.29, 0.717) is 24.8 Å². The molecule has 15 heteroatoms. The van der Waals surface area contributed by atoms with Gasteiger partial charge in [0.25, 0.3) is 11.8 Å². The fraction of sp³-hybridized carbons (Fsp3) is 0.500. The normalized spacial score (nSPS) is 17.6. The minimum absolute atomic E-state index is 0.0212. The number of carboxylic acid groups (broad SMARTS) is 1. The highest BCUT2D eigenvalue weighted by atomic mass is 16.4. The monoisotopic (exact) mass is 733 g/mol. The number of nitrogens with one attached hydrogen (secondary N) is 4. The van der Waals surface area contributed by atoms with Crippen LogP contribution in [0.3, 0.4) is 0 Å². The lowest BCUT2D eigenvalue weighted by Crippen LogP contribution is -2.60. The molecule has 15 nitrogen and oxygen atoms in total. The summed E-state index contributed by atoms with van der Waals surface area (Å²) < 4.78 is 0. The van der Waals surface area contributed by atoms with Gasteiger partial charge in [-0.1, -0.05) is 77.4 Å². The highest BCUT2D eigenvalue weighted by Gasteiger charge is 2.45. The molecule has 0 aliphatic carbocycles. The quantitative estimate of drug-likeness (QED) is 0.104. The van der Waals surface area contributed by atoms with Gasteiger partial charge >= 0.3 is 5.97 Å². The van der Waals surface area contributed by atoms with Gasteiger partial charge in [-0.15, -0.1) is 6.58 Å². The molecule has 2 aromatic rings. The van der Waals surface area contributed by atoms with Crippen molar-refractivity contribution in [1.29, 1.82) is 0 Å². The van der Waals surface area contributed by atoms with Crippen LogP contribution in [0, 0.1) is 17.8 Å². The number of carbonyl (C=O) groups is 7. The molecule has 3 rings (SSSR count). The van der Waals surface area contributed by atoms with E-state index in [1.54, 1.807) is 71.0 Å². The number of hydrogen-bond acceptors (Lipinski definition) is 9. The highest BCUT2D eigenvalue weighted by Crippen LogP contribution is 2.29. The largest absolute Gasteiger partial charge is 0.480 e. The van der Waals surface area contributed by atoms with Crippen LogP contribution in [-0.2, 0) is 35.2 Å². The summed E-state index contributed by atoms with van der Waals surface area (Å²) in [5, 5.41) is 20.2. The number of aromatic nitrogens is 2. The Balaban J connectivity index is 1.80. The van der Waals surface area contributed by atoms with Gasteiger partial charge in [0.2, 0.25) is 23.5 Å². The summed E-state index contributed by atoms with van der Waals surface area (Å²) in [5.74, 6) is -7.03. The molecule has 2 heterocycles. The van der Waals surface area contributed by atoms with Crippen LogP contribution in [0.25, 0.3) is 0 Å². The van der Waals surface area contributed by atoms with Crippen LogP contribution in [-0.4, -0.2) is 98.0 Å². The maximum Gasteiger partial charge on any atom is 0.326 e. The summed E-state index contributed by atoms with van der Waals surface area (Å²) in [6.45, 7) is 12.7. The van der Waals surface area contributed by atoms with Gasteiger partial charge in [0.1, 0.15) is 29.9 Å². The Kier molecular flexibility index (Phi) is 15.8. The Labute approximate surface area is 309 Å². The second kappa shape index (κ2) is 20.0. The molecule has 1 aromatic carbocycles. The molecule has 0 saturated carbocycles. The molecule has 0 bridgehead atoms. The van der Waals surface area contributed by atoms with E-state index < -0.39 is 77.4 Å². The Morgan fingerprint density at radius 1 is 0.925 bits per heavy atom. The van der Waals surface area contributed by atoms with E-state index in [9.17, 15) is 38.7 Å². The summed E-state index contributed by atoms with van der Waals surface area (Å²) in [6, 6.07) is 2.81. The lowest BCUT2D eigenvalue weighted by molar-refractivity contribution is -0.146. The van der Waals surface area contributed by atoms with Crippen LogP contribution < -0.4 is 21.3 Å². The Hall–Kier alpha value is -5.47. The van der Waals surface area contributed by atoms with Gasteiger partial charge in [-0.25, -0.2) is 9.78 Å². The predicted molar refractivity (Wildman–Crippen MR) is 195 cm³/mol. The molecule has 3 unspecified atom stereocenters. The van der Waals surface area contributed by atoms with Gasteiger partial charge in [-0.2, -0.15) is 0 Å². The van der Waals surface area contributed by atoms with Crippen molar-refractivity contribution in [3.05, 3.63) is 72.8 Å². The molecule has 1 fully saturated rings. The third-order valence-corrected chi connectivity index (χ3v) is 9.13. The smallest absolute Gasteiger partial charge is 0.326 e. The van der Waals surface area contributed by atoms with Gasteiger partial charge < -0.3 is 31.3 Å². The SMILES string of the molecule is C=CCC1CCN(C(=O)C(NC(=O)[C@@H](NC(=O)c2cnccn2)C(C)C)C(C)C)[C@@H]1C(=O)NC(CCC)C(=O)C(=O)N[C@@H](Cc1ccccc1)C(=O)O. The lowest BCUT2D eigenvalue weighted by Gasteiger charge is -2.33. The standard InChI is InChI=1S/C38H51N7O8/c1-7-12-25-16-19-45(37(51)30(23(5)6)44-34(48)29(22(3)4)43-33(47)28-21-39-17-18-40-28)31(25)35(49)41-26(13-8-2)32(46)36(50)42-27(38(52)53)20-24-14-10-9-11-15-24/h7,9-11,14-15,17-18,21-23,25-27,29-31H,1,8,12-13,16,19-20H2,2-6H3,(H,41,49)(H,42,50)(H,43,47)(H,44,48)(H,52,53)/t25?,26?,27-,29-,30?,31-/m0/s1. The first-order valence-electron chi connectivity index (χ1n) is 17.9. The number of hydrogen-bond donors (Lipinski definition) is 5. The number of nitrogens with zero attached hydrogens (tertiary/aromatic N) is 3. The fourth-order valence-corrected chi connectivity index (χ4v) is 6.27. The van der Waals surface area contributed by atoms with Crippen LogP contribution in [0.2, 0.25) is 0 Å². The number of benzene rings is 1. The molecule has 53 heavy (non-hydrogen) atoms. The van der Waals surface area contributed by atoms with Crippen molar-refractivity contribution in [2.45, 2.75) is 96.9 Å². The van der Waals surface area contributed by atoms with Crippen molar-refractivity contribution in [2.24, 2.45) is 17.8 Å². The van der Waals surface area contributed by atoms with E-state index in [1.807, 2.05) is 0 Å². The van der Waals surface area contributed by atoms with Crippen molar-refractivity contribution in [3.8, 4) is 0 Å². The summed E-state index contributed by atoms with van der Waals surface area (Å²) in [4.78, 5) is 102. The molecule has 5 amide bonds. The number of aliphatic carboxylic acids is 1. The number of rotatable bonds is 19. The zero-order valence-corrected chi connectivity index (χ0v) is 30.9. The fourth-order valence-electron chi connectivity index (χ4n) is 6.27. The molecular weight excluding hydrogens is 682 g/mol. The molecular formula is C38H51N7O8. The van der Waals surface area contributed by atoms with Gasteiger partial charge in [-0.3, -0.25) is 33.8 Å². The van der Waals surface area contributed by atoms with Gasteiger partial charge in [-0.05, 0) is 42.6 Å². The molecule has 1 aliphatic rings. The van der Waals surface area contributed by atoms with E-state index in [4.69, 9.17) is 0 Å². The number of likely N-dealkylation sites (tertiary alicyclic amines) is 1. The van der Waals surface area contributed by atoms with Crippen molar-refractivity contribution in [1.82, 2.24) is 36.1 Å². The third-order valence-electron chi connectivity index (χ3n) is 9.13. The van der Waals surface area contributed by atoms with Crippen molar-refractivity contribution in [2.75, 3.05) is 6.54 Å². The summed E-state index contributed by atoms with van der Waals surface area (Å²) in [6.07, 6.45) is 6.92. The zero-order valence-electron chi connectivity index (χ0n) is 30.9. The van der Waals surface area contributed by atoms with Crippen molar-refractivity contribution >= 4 is 41.3 Å². The average Bonchev–Trinajstić information content (AvgIpc) is 3.55. The van der Waals surface area contributed by atoms with Gasteiger partial charge in [0, 0.05) is 25.4 Å². The number of allylic oxidation sites excluding steroid dienone is 1. The maximum absolute atomic E-state index is 14.2. The number of ketones is 1. The Bertz CT molecular complexity index is 1620. The first kappa shape index (κ1) is 41.9. The van der Waals surface area contributed by atoms with Crippen LogP contribution in [0.1, 0.15) is 76.4 Å². The number of Topliss-reactive ketones (excluding diaryl/α,β-unsaturated/α-hetero) is 1. The van der Waals surface area contributed by atoms with Gasteiger partial charge in [0.05, 0.1) is 12.2 Å². The van der Waals surface area contributed by atoms with E-state index in [1.165, 1.54) is 23.5 Å². The first-order valence-corrected chi connectivity index (χ1v) is 17.9. The van der Waals surface area contributed by atoms with Crippen molar-refractivity contribution in [3.63, 3.8) is 0 Å². The second-order valence-electron chi connectivity index (χ2n) is 13.8. The molecule has 1 aliphatic heterocycles. The highest BCUT2D eigenvalue weighted by molar-refractivity contribution is 6.38. The molecule has 1 aromatic heterocycles. The molecule has 0 radical (unpaired) electrons. The number of amides is 5. The summed E-state index contributed by atoms with van der Waals surface area (Å²) >= 11 is 0. The molecule has 286 valence electrons. The van der Waals surface area contributed by atoms with Crippen LogP contribution in [0.5, 0.6) is 0 Å². The van der Waals surface area contributed by atoms with Crippen LogP contribution in [0.15, 0.2) is 61.6 Å². The molecule has 0 spiro atoms. The lowest BCUT2D eigenvalue weighted by atomic mass is 9.94. The topological polar surface area (TPSA) is 217 Å². The summed E-state index contributed by atoms with van der Waals surface area (Å²) in [5.41, 5.74) is 0.667. The minimum atomic E-state index is -1.38. The maximum atomic E-state index is 14.2. The Morgan fingerprint density at radius 3 is 2.17 bits per heavy atom. The number of carbonyl (C=O) groups excluding carboxylic acids is 6. The summed E-state index contributed by atoms with van der Waals surface area (Å²) in [7, 11) is 0. The molecule has 1 saturated heterocycles.